The monoisotopic (exact) mass is 1190 g/mol. The van der Waals surface area contributed by atoms with E-state index in [2.05, 4.69) is 16.0 Å². The first-order chi connectivity index (χ1) is 38.5. The molecule has 0 fully saturated rings. The predicted molar refractivity (Wildman–Crippen MR) is 326 cm³/mol. The van der Waals surface area contributed by atoms with Crippen molar-refractivity contribution < 1.29 is 57.8 Å². The van der Waals surface area contributed by atoms with E-state index in [1.807, 2.05) is 75.3 Å². The number of amides is 10. The highest BCUT2D eigenvalue weighted by Gasteiger charge is 2.48. The van der Waals surface area contributed by atoms with Crippen molar-refractivity contribution in [2.24, 2.45) is 46.7 Å². The molecule has 0 bridgehead atoms. The van der Waals surface area contributed by atoms with Gasteiger partial charge in [0, 0.05) is 54.7 Å². The number of nitrogens with one attached hydrogen (secondary N) is 3. The van der Waals surface area contributed by atoms with Crippen LogP contribution in [0.4, 0.5) is 0 Å². The summed E-state index contributed by atoms with van der Waals surface area (Å²) in [5.74, 6) is -7.84. The van der Waals surface area contributed by atoms with Gasteiger partial charge in [0.25, 0.3) is 0 Å². The second-order valence-corrected chi connectivity index (χ2v) is 26.0. The van der Waals surface area contributed by atoms with Crippen molar-refractivity contribution in [3.63, 3.8) is 0 Å². The van der Waals surface area contributed by atoms with Crippen molar-refractivity contribution in [2.45, 2.75) is 204 Å². The number of aliphatic hydroxyl groups excluding tert-OH is 1. The van der Waals surface area contributed by atoms with Crippen LogP contribution in [0, 0.1) is 40.9 Å². The van der Waals surface area contributed by atoms with Crippen LogP contribution in [0.15, 0.2) is 12.2 Å². The number of likely N-dealkylation sites (N-methyl/N-ethyl adjacent to an activating group) is 7. The molecule has 23 heteroatoms. The number of hydrogen-bond acceptors (Lipinski definition) is 13. The summed E-state index contributed by atoms with van der Waals surface area (Å²) >= 11 is 0. The Morgan fingerprint density at radius 1 is 0.583 bits per heavy atom. The molecule has 6 N–H and O–H groups in total. The lowest BCUT2D eigenvalue weighted by Gasteiger charge is -2.47. The van der Waals surface area contributed by atoms with E-state index in [4.69, 9.17) is 5.73 Å². The third-order valence-electron chi connectivity index (χ3n) is 16.3. The maximum atomic E-state index is 15.3. The number of hydrogen-bond donors (Lipinski definition) is 5. The number of rotatable bonds is 35. The van der Waals surface area contributed by atoms with E-state index in [-0.39, 0.29) is 67.8 Å². The summed E-state index contributed by atoms with van der Waals surface area (Å²) in [5.41, 5.74) is 3.19. The number of carbonyl (C=O) groups is 11. The average Bonchev–Trinajstić information content (AvgIpc) is 3.47. The SMILES string of the molecule is C/C=C\C[C@@H](C)[C@H](O)C(C(=O)N[C@H](CC)C(=O)N(C)CC(=O)N(C)CC(N)=O)N(C)CC(C=O)(C(C)C)N(C)C(=O)[C@@H](CC(C)C)N(C)C(=O)[C@@H](CC(C)C)N(C)C(=O)[C@H](C)NC(=O)[C@@H](CC(C)C)NC(=O)[C@H](C)N(C)C(=O)[C@@H](C)C(C)(C)C. The molecule has 84 heavy (non-hydrogen) atoms. The second kappa shape index (κ2) is 34.9. The van der Waals surface area contributed by atoms with Crippen LogP contribution in [0.25, 0.3) is 0 Å². The molecule has 10 amide bonds. The number of aldehydes is 1. The fraction of sp³-hybridized carbons (Fsp3) is 0.787. The van der Waals surface area contributed by atoms with Crippen molar-refractivity contribution in [1.82, 2.24) is 50.2 Å². The summed E-state index contributed by atoms with van der Waals surface area (Å²) in [6.07, 6.45) is 3.84. The molecule has 0 aliphatic heterocycles. The fourth-order valence-electron chi connectivity index (χ4n) is 9.86. The van der Waals surface area contributed by atoms with Gasteiger partial charge in [0.05, 0.1) is 19.2 Å². The largest absolute Gasteiger partial charge is 0.391 e. The normalized spacial score (nSPS) is 16.3. The first-order valence-corrected chi connectivity index (χ1v) is 29.7. The number of nitrogens with two attached hydrogens (primary N) is 1. The van der Waals surface area contributed by atoms with Gasteiger partial charge in [-0.25, -0.2) is 0 Å². The van der Waals surface area contributed by atoms with Crippen molar-refractivity contribution in [1.29, 1.82) is 0 Å². The molecule has 0 spiro atoms. The van der Waals surface area contributed by atoms with E-state index in [0.29, 0.717) is 12.7 Å². The lowest BCUT2D eigenvalue weighted by Crippen LogP contribution is -2.67. The predicted octanol–water partition coefficient (Wildman–Crippen LogP) is 2.91. The minimum absolute atomic E-state index is 0.0616. The lowest BCUT2D eigenvalue weighted by molar-refractivity contribution is -0.156. The molecule has 23 nitrogen and oxygen atoms in total. The minimum Gasteiger partial charge on any atom is -0.391 e. The van der Waals surface area contributed by atoms with Gasteiger partial charge >= 0.3 is 0 Å². The fourth-order valence-corrected chi connectivity index (χ4v) is 9.86. The molecular formula is C61H111N11O12. The van der Waals surface area contributed by atoms with Crippen LogP contribution in [0.2, 0.25) is 0 Å². The molecule has 0 heterocycles. The summed E-state index contributed by atoms with van der Waals surface area (Å²) in [6.45, 7) is 29.5. The first-order valence-electron chi connectivity index (χ1n) is 29.7. The molecule has 0 saturated carbocycles. The minimum atomic E-state index is -1.70. The van der Waals surface area contributed by atoms with Gasteiger partial charge < -0.3 is 61.0 Å². The van der Waals surface area contributed by atoms with Crippen LogP contribution in [0.3, 0.4) is 0 Å². The number of allylic oxidation sites excluding steroid dienone is 2. The summed E-state index contributed by atoms with van der Waals surface area (Å²) in [7, 11) is 10.2. The van der Waals surface area contributed by atoms with Gasteiger partial charge in [0.1, 0.15) is 54.1 Å². The summed E-state index contributed by atoms with van der Waals surface area (Å²) in [4.78, 5) is 161. The topological polar surface area (TPSA) is 293 Å². The van der Waals surface area contributed by atoms with Crippen LogP contribution in [0.1, 0.15) is 150 Å². The van der Waals surface area contributed by atoms with Crippen LogP contribution in [0.5, 0.6) is 0 Å². The van der Waals surface area contributed by atoms with Crippen LogP contribution >= 0.6 is 0 Å². The maximum absolute atomic E-state index is 15.3. The van der Waals surface area contributed by atoms with Gasteiger partial charge in [0.15, 0.2) is 0 Å². The summed E-state index contributed by atoms with van der Waals surface area (Å²) in [6, 6.07) is -8.05. The number of carbonyl (C=O) groups excluding carboxylic acids is 11. The van der Waals surface area contributed by atoms with E-state index >= 15 is 9.59 Å². The molecule has 0 saturated heterocycles. The zero-order chi connectivity index (χ0) is 65.8. The first kappa shape index (κ1) is 78.0. The van der Waals surface area contributed by atoms with E-state index < -0.39 is 131 Å². The Morgan fingerprint density at radius 3 is 1.51 bits per heavy atom. The van der Waals surface area contributed by atoms with Crippen molar-refractivity contribution in [2.75, 3.05) is 69.0 Å². The highest BCUT2D eigenvalue weighted by atomic mass is 16.3. The number of aliphatic hydroxyl groups is 1. The average molecular weight is 1190 g/mol. The highest BCUT2D eigenvalue weighted by molar-refractivity contribution is 5.97. The van der Waals surface area contributed by atoms with Gasteiger partial charge in [-0.2, -0.15) is 0 Å². The zero-order valence-electron chi connectivity index (χ0n) is 55.6. The standard InChI is InChI=1S/C61H111N11O12/c1-25-27-28-40(11)51(76)50(54(79)64-44(26-2)57(82)67(19)33-49(75)66(18)32-48(62)74)68(20)34-61(35-73,39(9)10)72(24)59(84)47(31-38(7)8)71(23)58(83)46(30-37(5)6)70(22)56(81)42(13)63-53(78)45(29-36(3)4)65-52(77)43(14)69(21)55(80)41(12)60(15,16)17/h25,27,35-47,50-51,76H,26,28-34H2,1-24H3,(H2,62,74)(H,63,78)(H,64,79)(H,65,77)/b27-25-/t40-,41-,42+,43+,44-,45-,46-,47-,50?,51+,61?/m1/s1. The molecule has 2 unspecified atom stereocenters. The molecule has 0 aliphatic carbocycles. The van der Waals surface area contributed by atoms with Gasteiger partial charge in [-0.15, -0.1) is 0 Å². The second-order valence-electron chi connectivity index (χ2n) is 26.0. The molecule has 0 radical (unpaired) electrons. The molecule has 0 aromatic rings. The molecule has 482 valence electrons. The van der Waals surface area contributed by atoms with Crippen molar-refractivity contribution in [3.05, 3.63) is 12.2 Å². The Balaban J connectivity index is 7.22. The maximum Gasteiger partial charge on any atom is 0.245 e. The number of nitrogens with zero attached hydrogens (tertiary/aromatic N) is 7. The van der Waals surface area contributed by atoms with Crippen LogP contribution < -0.4 is 21.7 Å². The van der Waals surface area contributed by atoms with E-state index in [1.165, 1.54) is 73.7 Å². The highest BCUT2D eigenvalue weighted by Crippen LogP contribution is 2.30. The van der Waals surface area contributed by atoms with Gasteiger partial charge in [-0.3, -0.25) is 52.8 Å². The zero-order valence-corrected chi connectivity index (χ0v) is 55.6. The Morgan fingerprint density at radius 2 is 1.07 bits per heavy atom. The molecular weight excluding hydrogens is 1080 g/mol. The van der Waals surface area contributed by atoms with E-state index in [9.17, 15) is 48.3 Å². The number of primary amides is 1. The quantitative estimate of drug-likeness (QED) is 0.0451. The van der Waals surface area contributed by atoms with Crippen molar-refractivity contribution in [3.8, 4) is 0 Å². The molecule has 11 atom stereocenters. The Kier molecular flexibility index (Phi) is 32.4. The Hall–Kier alpha value is -5.97. The van der Waals surface area contributed by atoms with Crippen LogP contribution in [-0.2, 0) is 52.7 Å². The third-order valence-corrected chi connectivity index (χ3v) is 16.3. The smallest absolute Gasteiger partial charge is 0.245 e. The Bertz CT molecular complexity index is 2270. The summed E-state index contributed by atoms with van der Waals surface area (Å²) in [5, 5.41) is 20.3. The van der Waals surface area contributed by atoms with Gasteiger partial charge in [0.2, 0.25) is 59.1 Å². The molecule has 0 aliphatic rings. The lowest BCUT2D eigenvalue weighted by atomic mass is 9.81. The Labute approximate surface area is 503 Å². The van der Waals surface area contributed by atoms with Gasteiger partial charge in [-0.05, 0) is 94.9 Å². The molecule has 0 aromatic carbocycles. The molecule has 0 aromatic heterocycles. The molecule has 0 rings (SSSR count). The third kappa shape index (κ3) is 22.5. The van der Waals surface area contributed by atoms with Crippen molar-refractivity contribution >= 4 is 65.4 Å². The van der Waals surface area contributed by atoms with Crippen LogP contribution in [-0.4, -0.2) is 228 Å². The summed E-state index contributed by atoms with van der Waals surface area (Å²) < 4.78 is 0. The van der Waals surface area contributed by atoms with E-state index in [0.717, 1.165) is 9.80 Å². The van der Waals surface area contributed by atoms with Gasteiger partial charge in [-0.1, -0.05) is 109 Å². The van der Waals surface area contributed by atoms with E-state index in [1.54, 1.807) is 54.7 Å².